The Hall–Kier alpha value is -3.10. The van der Waals surface area contributed by atoms with Crippen molar-refractivity contribution in [3.05, 3.63) is 0 Å². The van der Waals surface area contributed by atoms with Gasteiger partial charge in [-0.3, -0.25) is 33.6 Å². The Balaban J connectivity index is 0.000000471. The Labute approximate surface area is 546 Å². The number of aliphatic hydroxyl groups is 1. The number of methoxy groups -OCH3 is 1. The number of carbonyl (C=O) groups excluding carboxylic acids is 7. The molecule has 0 spiro atoms. The standard InChI is InChI=1S/C34H62N2O8SSi.C33H62N2O7SSi/c1-12-13-14-15-16-17-35(45(41,42)18-19-46(9,10)11)22-25(21-28(38)44-33(3,4)5)31(39)36-23-26-29(34(26,6)7)30(36)27(37)20-24(2)32(40)43-8;1-11-12-13-14-15-16-34(43(40,41)17-18-44(8,9)10)21-25(20-28(38)42-32(3,4)5)31(39)35-22-26-29(33(26,6)7)30(35)27(37)19-24(2)23-36/h24-26,29-30H,12-23H2,1-11H3;24-26,29-30,36H,11-23H2,1-10H3/t2*24-,25+,26+,29+,30-/m11/s1. The average Bonchev–Trinajstić information content (AvgIpc) is 1.54. The number of esters is 3. The Morgan fingerprint density at radius 3 is 1.22 bits per heavy atom. The summed E-state index contributed by atoms with van der Waals surface area (Å²) in [5, 5.41) is 9.60. The Kier molecular flexibility index (Phi) is 30.2. The van der Waals surface area contributed by atoms with Gasteiger partial charge in [-0.25, -0.2) is 25.4 Å². The zero-order valence-electron chi connectivity index (χ0n) is 59.7. The van der Waals surface area contributed by atoms with Crippen LogP contribution in [0.5, 0.6) is 0 Å². The van der Waals surface area contributed by atoms with Crippen LogP contribution in [0.4, 0.5) is 0 Å². The van der Waals surface area contributed by atoms with Gasteiger partial charge in [0.05, 0.1) is 61.3 Å². The first-order chi connectivity index (χ1) is 41.2. The second-order valence-electron chi connectivity index (χ2n) is 32.6. The molecule has 23 heteroatoms. The lowest BCUT2D eigenvalue weighted by Gasteiger charge is -2.35. The molecule has 2 saturated carbocycles. The molecule has 4 fully saturated rings. The second kappa shape index (κ2) is 33.5. The van der Waals surface area contributed by atoms with Crippen molar-refractivity contribution in [3.63, 3.8) is 0 Å². The van der Waals surface area contributed by atoms with Gasteiger partial charge in [-0.2, -0.15) is 0 Å². The van der Waals surface area contributed by atoms with E-state index in [4.69, 9.17) is 14.2 Å². The lowest BCUT2D eigenvalue weighted by molar-refractivity contribution is -0.159. The van der Waals surface area contributed by atoms with Crippen molar-refractivity contribution < 1.29 is 69.7 Å². The normalized spacial score (nSPS) is 22.6. The number of hydrogen-bond donors (Lipinski definition) is 1. The number of fused-ring (bicyclic) bond motifs is 2. The van der Waals surface area contributed by atoms with Gasteiger partial charge in [0.15, 0.2) is 11.6 Å². The third kappa shape index (κ3) is 24.9. The molecule has 2 heterocycles. The van der Waals surface area contributed by atoms with Gasteiger partial charge in [0.2, 0.25) is 31.9 Å². The fourth-order valence-corrected chi connectivity index (χ4v) is 22.3. The highest BCUT2D eigenvalue weighted by molar-refractivity contribution is 7.89. The number of rotatable bonds is 38. The topological polar surface area (TPSA) is 249 Å². The number of piperidine rings is 2. The molecule has 2 aliphatic carbocycles. The minimum absolute atomic E-state index is 0.000387. The van der Waals surface area contributed by atoms with Crippen molar-refractivity contribution in [2.75, 3.05) is 64.5 Å². The highest BCUT2D eigenvalue weighted by Gasteiger charge is 2.70. The molecule has 2 aliphatic heterocycles. The van der Waals surface area contributed by atoms with E-state index in [0.717, 1.165) is 51.4 Å². The number of amides is 2. The summed E-state index contributed by atoms with van der Waals surface area (Å²) in [7, 11) is -9.48. The summed E-state index contributed by atoms with van der Waals surface area (Å²) in [6, 6.07) is -0.182. The fraction of sp³-hybridized carbons (Fsp3) is 0.896. The van der Waals surface area contributed by atoms with Gasteiger partial charge < -0.3 is 29.1 Å². The maximum absolute atomic E-state index is 14.5. The maximum Gasteiger partial charge on any atom is 0.308 e. The van der Waals surface area contributed by atoms with Gasteiger partial charge in [0.25, 0.3) is 0 Å². The molecule has 90 heavy (non-hydrogen) atoms. The van der Waals surface area contributed by atoms with E-state index in [-0.39, 0.29) is 121 Å². The molecule has 2 amide bonds. The third-order valence-electron chi connectivity index (χ3n) is 18.9. The highest BCUT2D eigenvalue weighted by Crippen LogP contribution is 2.66. The van der Waals surface area contributed by atoms with Crippen LogP contribution in [0, 0.1) is 58.2 Å². The molecular formula is C67H124N4O15S2Si2. The van der Waals surface area contributed by atoms with E-state index in [1.165, 1.54) is 15.7 Å². The van der Waals surface area contributed by atoms with Gasteiger partial charge >= 0.3 is 17.9 Å². The number of unbranched alkanes of at least 4 members (excludes halogenated alkanes) is 8. The first kappa shape index (κ1) is 81.1. The number of likely N-dealkylation sites (tertiary alicyclic amines) is 2. The van der Waals surface area contributed by atoms with E-state index in [1.54, 1.807) is 58.3 Å². The van der Waals surface area contributed by atoms with Crippen molar-refractivity contribution >= 4 is 77.5 Å². The molecule has 0 unspecified atom stereocenters. The number of Topliss-reactive ketones (excluding diaryl/α,β-unsaturated/α-hetero) is 2. The third-order valence-corrected chi connectivity index (χ3v) is 26.8. The molecule has 0 aromatic carbocycles. The number of sulfonamides is 2. The van der Waals surface area contributed by atoms with E-state index in [2.05, 4.69) is 80.8 Å². The summed E-state index contributed by atoms with van der Waals surface area (Å²) in [4.78, 5) is 97.8. The summed E-state index contributed by atoms with van der Waals surface area (Å²) in [6.07, 6.45) is 8.98. The lowest BCUT2D eigenvalue weighted by Crippen LogP contribution is -2.51. The molecule has 2 saturated heterocycles. The largest absolute Gasteiger partial charge is 0.469 e. The van der Waals surface area contributed by atoms with Crippen LogP contribution in [0.25, 0.3) is 0 Å². The number of nitrogens with zero attached hydrogens (tertiary/aromatic N) is 4. The smallest absolute Gasteiger partial charge is 0.308 e. The van der Waals surface area contributed by atoms with Crippen molar-refractivity contribution in [2.24, 2.45) is 58.2 Å². The fourth-order valence-electron chi connectivity index (χ4n) is 13.2. The summed E-state index contributed by atoms with van der Waals surface area (Å²) < 4.78 is 74.2. The number of ether oxygens (including phenoxy) is 3. The molecule has 0 aromatic heterocycles. The van der Waals surface area contributed by atoms with E-state index >= 15 is 0 Å². The van der Waals surface area contributed by atoms with Crippen LogP contribution in [0.15, 0.2) is 0 Å². The van der Waals surface area contributed by atoms with Crippen LogP contribution in [-0.2, 0) is 67.8 Å². The summed E-state index contributed by atoms with van der Waals surface area (Å²) in [5.41, 5.74) is -1.76. The molecule has 0 radical (unpaired) electrons. The SMILES string of the molecule is CCCCCCCN(C[C@H](CC(=O)OC(C)(C)C)C(=O)N1C[C@H]2[C@@H]([C@H]1C(=O)C[C@@H](C)C(=O)OC)C2(C)C)S(=O)(=O)CC[Si](C)(C)C.CCCCCCCN(C[C@H](CC(=O)OC(C)(C)C)C(=O)N1C[C@H]2[C@@H]([C@H]1C(=O)C[C@@H](C)CO)C2(C)C)S(=O)(=O)CC[Si](C)(C)C. The monoisotopic (exact) mass is 1340 g/mol. The van der Waals surface area contributed by atoms with Gasteiger partial charge in [-0.05, 0) is 107 Å². The van der Waals surface area contributed by atoms with Crippen molar-refractivity contribution in [1.29, 1.82) is 0 Å². The zero-order chi connectivity index (χ0) is 68.9. The summed E-state index contributed by atoms with van der Waals surface area (Å²) in [5.74, 6) is -5.30. The van der Waals surface area contributed by atoms with E-state index < -0.39 is 101 Å². The Bertz CT molecular complexity index is 2640. The molecular weight excluding hydrogens is 1220 g/mol. The molecule has 0 aromatic rings. The van der Waals surface area contributed by atoms with Gasteiger partial charge in [0, 0.05) is 74.9 Å². The predicted molar refractivity (Wildman–Crippen MR) is 362 cm³/mol. The quantitative estimate of drug-likeness (QED) is 0.0261. The second-order valence-corrected chi connectivity index (χ2v) is 48.0. The van der Waals surface area contributed by atoms with Gasteiger partial charge in [-0.15, -0.1) is 0 Å². The van der Waals surface area contributed by atoms with Crippen LogP contribution in [-0.4, -0.2) is 186 Å². The highest BCUT2D eigenvalue weighted by atomic mass is 32.2. The van der Waals surface area contributed by atoms with E-state index in [0.29, 0.717) is 44.6 Å². The molecule has 1 N–H and O–H groups in total. The molecule has 522 valence electrons. The molecule has 0 bridgehead atoms. The van der Waals surface area contributed by atoms with Gasteiger partial charge in [0.1, 0.15) is 11.2 Å². The number of hydrogen-bond acceptors (Lipinski definition) is 15. The van der Waals surface area contributed by atoms with Crippen LogP contribution in [0.3, 0.4) is 0 Å². The van der Waals surface area contributed by atoms with Crippen LogP contribution in [0.2, 0.25) is 51.4 Å². The first-order valence-electron chi connectivity index (χ1n) is 33.9. The van der Waals surface area contributed by atoms with E-state index in [1.807, 2.05) is 6.92 Å². The van der Waals surface area contributed by atoms with Crippen LogP contribution < -0.4 is 0 Å². The molecule has 4 aliphatic rings. The number of aliphatic hydroxyl groups excluding tert-OH is 1. The minimum Gasteiger partial charge on any atom is -0.469 e. The molecule has 4 rings (SSSR count). The summed E-state index contributed by atoms with van der Waals surface area (Å²) >= 11 is 0. The predicted octanol–water partition coefficient (Wildman–Crippen LogP) is 10.9. The van der Waals surface area contributed by atoms with Crippen LogP contribution >= 0.6 is 0 Å². The molecule has 19 nitrogen and oxygen atoms in total. The van der Waals surface area contributed by atoms with Gasteiger partial charge in [-0.1, -0.05) is 146 Å². The Morgan fingerprint density at radius 1 is 0.567 bits per heavy atom. The zero-order valence-corrected chi connectivity index (χ0v) is 63.4. The first-order valence-corrected chi connectivity index (χ1v) is 44.6. The minimum atomic E-state index is -3.72. The lowest BCUT2D eigenvalue weighted by atomic mass is 9.92. The maximum atomic E-state index is 14.5. The van der Waals surface area contributed by atoms with Crippen molar-refractivity contribution in [3.8, 4) is 0 Å². The van der Waals surface area contributed by atoms with Crippen molar-refractivity contribution in [2.45, 2.75) is 261 Å². The Morgan fingerprint density at radius 2 is 0.911 bits per heavy atom. The van der Waals surface area contributed by atoms with Crippen LogP contribution in [0.1, 0.15) is 187 Å². The van der Waals surface area contributed by atoms with E-state index in [9.17, 15) is 55.5 Å². The molecule has 10 atom stereocenters. The number of carbonyl (C=O) groups is 7. The average molecular weight is 1350 g/mol. The number of ketones is 2. The summed E-state index contributed by atoms with van der Waals surface area (Å²) in [6.45, 7) is 40.4. The van der Waals surface area contributed by atoms with Crippen molar-refractivity contribution in [1.82, 2.24) is 18.4 Å².